The Kier molecular flexibility index (Phi) is 4.88. The summed E-state index contributed by atoms with van der Waals surface area (Å²) in [5.74, 6) is -1.47. The summed E-state index contributed by atoms with van der Waals surface area (Å²) >= 11 is 0. The van der Waals surface area contributed by atoms with Gasteiger partial charge in [0.1, 0.15) is 0 Å². The number of nitrogens with one attached hydrogen (secondary N) is 1. The fraction of sp³-hybridized carbons (Fsp3) is 0.333. The monoisotopic (exact) mass is 304 g/mol. The van der Waals surface area contributed by atoms with Crippen molar-refractivity contribution in [1.29, 1.82) is 0 Å². The van der Waals surface area contributed by atoms with E-state index in [0.717, 1.165) is 37.5 Å². The van der Waals surface area contributed by atoms with Crippen molar-refractivity contribution in [2.24, 2.45) is 5.92 Å². The van der Waals surface area contributed by atoms with E-state index in [0.29, 0.717) is 12.5 Å². The first kappa shape index (κ1) is 15.7. The Bertz CT molecular complexity index is 607. The van der Waals surface area contributed by atoms with Crippen LogP contribution in [0.3, 0.4) is 0 Å². The van der Waals surface area contributed by atoms with Gasteiger partial charge in [0.15, 0.2) is 0 Å². The first-order valence-electron chi connectivity index (χ1n) is 6.93. The fourth-order valence-electron chi connectivity index (χ4n) is 2.35. The van der Waals surface area contributed by atoms with Crippen LogP contribution in [0.15, 0.2) is 30.4 Å². The van der Waals surface area contributed by atoms with Gasteiger partial charge in [-0.3, -0.25) is 14.9 Å². The van der Waals surface area contributed by atoms with Gasteiger partial charge in [-0.15, -0.1) is 0 Å². The second-order valence-corrected chi connectivity index (χ2v) is 5.19. The maximum atomic E-state index is 12.1. The maximum absolute atomic E-state index is 12.1. The zero-order chi connectivity index (χ0) is 16.1. The number of amides is 1. The summed E-state index contributed by atoms with van der Waals surface area (Å²) < 4.78 is 0. The molecule has 1 aromatic rings. The Balaban J connectivity index is 2.12. The number of nitro groups is 1. The van der Waals surface area contributed by atoms with E-state index in [4.69, 9.17) is 5.11 Å². The third kappa shape index (κ3) is 3.91. The Morgan fingerprint density at radius 2 is 2.00 bits per heavy atom. The molecule has 7 nitrogen and oxygen atoms in total. The summed E-state index contributed by atoms with van der Waals surface area (Å²) in [5, 5.41) is 22.5. The van der Waals surface area contributed by atoms with Gasteiger partial charge >= 0.3 is 5.97 Å². The largest absolute Gasteiger partial charge is 0.478 e. The molecule has 2 rings (SSSR count). The number of rotatable bonds is 5. The average Bonchev–Trinajstić information content (AvgIpc) is 2.53. The van der Waals surface area contributed by atoms with Crippen molar-refractivity contribution in [1.82, 2.24) is 5.32 Å². The predicted molar refractivity (Wildman–Crippen MR) is 78.9 cm³/mol. The first-order chi connectivity index (χ1) is 10.5. The van der Waals surface area contributed by atoms with E-state index in [-0.39, 0.29) is 11.1 Å². The SMILES string of the molecule is O=C(O)c1cc(C(=O)NCC2CC=CCC2)cc([N+](=O)[O-])c1. The van der Waals surface area contributed by atoms with Crippen molar-refractivity contribution in [2.75, 3.05) is 6.54 Å². The van der Waals surface area contributed by atoms with Crippen molar-refractivity contribution in [3.8, 4) is 0 Å². The molecule has 1 aliphatic carbocycles. The van der Waals surface area contributed by atoms with E-state index in [9.17, 15) is 19.7 Å². The second-order valence-electron chi connectivity index (χ2n) is 5.19. The highest BCUT2D eigenvalue weighted by Gasteiger charge is 2.18. The van der Waals surface area contributed by atoms with Crippen molar-refractivity contribution < 1.29 is 19.6 Å². The molecule has 0 radical (unpaired) electrons. The van der Waals surface area contributed by atoms with Crippen LogP contribution >= 0.6 is 0 Å². The zero-order valence-corrected chi connectivity index (χ0v) is 11.8. The summed E-state index contributed by atoms with van der Waals surface area (Å²) in [7, 11) is 0. The van der Waals surface area contributed by atoms with Crippen LogP contribution in [0.5, 0.6) is 0 Å². The molecule has 0 fully saturated rings. The average molecular weight is 304 g/mol. The smallest absolute Gasteiger partial charge is 0.335 e. The van der Waals surface area contributed by atoms with Crippen LogP contribution in [-0.2, 0) is 0 Å². The van der Waals surface area contributed by atoms with Crippen LogP contribution in [0.25, 0.3) is 0 Å². The normalized spacial score (nSPS) is 17.0. The number of hydrogen-bond acceptors (Lipinski definition) is 4. The highest BCUT2D eigenvalue weighted by molar-refractivity contribution is 5.98. The fourth-order valence-corrected chi connectivity index (χ4v) is 2.35. The number of carbonyl (C=O) groups is 2. The number of allylic oxidation sites excluding steroid dienone is 2. The number of carbonyl (C=O) groups excluding carboxylic acids is 1. The van der Waals surface area contributed by atoms with Crippen molar-refractivity contribution >= 4 is 17.6 Å². The van der Waals surface area contributed by atoms with Gasteiger partial charge in [0.2, 0.25) is 0 Å². The first-order valence-corrected chi connectivity index (χ1v) is 6.93. The lowest BCUT2D eigenvalue weighted by atomic mass is 9.94. The molecule has 7 heteroatoms. The molecular formula is C15H16N2O5. The topological polar surface area (TPSA) is 110 Å². The molecular weight excluding hydrogens is 288 g/mol. The number of carboxylic acids is 1. The quantitative estimate of drug-likeness (QED) is 0.493. The van der Waals surface area contributed by atoms with E-state index in [1.54, 1.807) is 0 Å². The van der Waals surface area contributed by atoms with Crippen LogP contribution in [-0.4, -0.2) is 28.5 Å². The van der Waals surface area contributed by atoms with E-state index in [1.165, 1.54) is 0 Å². The number of benzene rings is 1. The molecule has 22 heavy (non-hydrogen) atoms. The summed E-state index contributed by atoms with van der Waals surface area (Å²) in [6.07, 6.45) is 7.00. The molecule has 0 bridgehead atoms. The molecule has 0 spiro atoms. The van der Waals surface area contributed by atoms with Gasteiger partial charge < -0.3 is 10.4 Å². The number of hydrogen-bond donors (Lipinski definition) is 2. The summed E-state index contributed by atoms with van der Waals surface area (Å²) in [6, 6.07) is 3.17. The number of non-ortho nitro benzene ring substituents is 1. The zero-order valence-electron chi connectivity index (χ0n) is 11.8. The Morgan fingerprint density at radius 3 is 2.59 bits per heavy atom. The lowest BCUT2D eigenvalue weighted by Gasteiger charge is -2.18. The minimum absolute atomic E-state index is 0.0158. The third-order valence-electron chi connectivity index (χ3n) is 3.57. The van der Waals surface area contributed by atoms with Gasteiger partial charge in [-0.05, 0) is 31.2 Å². The molecule has 1 amide bonds. The van der Waals surface area contributed by atoms with Crippen LogP contribution in [0.1, 0.15) is 40.0 Å². The highest BCUT2D eigenvalue weighted by Crippen LogP contribution is 2.19. The Morgan fingerprint density at radius 1 is 1.27 bits per heavy atom. The van der Waals surface area contributed by atoms with Gasteiger partial charge in [0.25, 0.3) is 11.6 Å². The highest BCUT2D eigenvalue weighted by atomic mass is 16.6. The minimum Gasteiger partial charge on any atom is -0.478 e. The molecule has 1 aromatic carbocycles. The number of nitrogens with zero attached hydrogens (tertiary/aromatic N) is 1. The number of carboxylic acid groups (broad SMARTS) is 1. The van der Waals surface area contributed by atoms with E-state index in [2.05, 4.69) is 17.5 Å². The molecule has 0 aliphatic heterocycles. The Hall–Kier alpha value is -2.70. The summed E-state index contributed by atoms with van der Waals surface area (Å²) in [5.41, 5.74) is -0.705. The molecule has 1 aliphatic rings. The number of aromatic carboxylic acids is 1. The lowest BCUT2D eigenvalue weighted by Crippen LogP contribution is -2.29. The molecule has 116 valence electrons. The van der Waals surface area contributed by atoms with Crippen LogP contribution in [0.2, 0.25) is 0 Å². The van der Waals surface area contributed by atoms with Crippen molar-refractivity contribution in [3.63, 3.8) is 0 Å². The van der Waals surface area contributed by atoms with Crippen molar-refractivity contribution in [3.05, 3.63) is 51.6 Å². The predicted octanol–water partition coefficient (Wildman–Crippen LogP) is 2.38. The van der Waals surface area contributed by atoms with Crippen LogP contribution < -0.4 is 5.32 Å². The summed E-state index contributed by atoms with van der Waals surface area (Å²) in [6.45, 7) is 0.467. The van der Waals surface area contributed by atoms with Crippen LogP contribution in [0.4, 0.5) is 5.69 Å². The van der Waals surface area contributed by atoms with E-state index < -0.39 is 22.5 Å². The molecule has 0 aromatic heterocycles. The third-order valence-corrected chi connectivity index (χ3v) is 3.57. The molecule has 0 heterocycles. The van der Waals surface area contributed by atoms with Gasteiger partial charge in [-0.2, -0.15) is 0 Å². The molecule has 1 atom stereocenters. The molecule has 0 saturated carbocycles. The minimum atomic E-state index is -1.31. The van der Waals surface area contributed by atoms with Gasteiger partial charge in [-0.1, -0.05) is 12.2 Å². The van der Waals surface area contributed by atoms with Gasteiger partial charge in [-0.25, -0.2) is 4.79 Å². The van der Waals surface area contributed by atoms with E-state index >= 15 is 0 Å². The number of nitro benzene ring substituents is 1. The lowest BCUT2D eigenvalue weighted by molar-refractivity contribution is -0.384. The van der Waals surface area contributed by atoms with E-state index in [1.807, 2.05) is 0 Å². The maximum Gasteiger partial charge on any atom is 0.335 e. The Labute approximate surface area is 126 Å². The van der Waals surface area contributed by atoms with Gasteiger partial charge in [0.05, 0.1) is 10.5 Å². The molecule has 0 saturated heterocycles. The summed E-state index contributed by atoms with van der Waals surface area (Å²) in [4.78, 5) is 33.2. The second kappa shape index (κ2) is 6.84. The standard InChI is InChI=1S/C15H16N2O5/c18-14(16-9-10-4-2-1-3-5-10)11-6-12(15(19)20)8-13(7-11)17(21)22/h1-2,6-8,10H,3-5,9H2,(H,16,18)(H,19,20). The van der Waals surface area contributed by atoms with Crippen molar-refractivity contribution in [2.45, 2.75) is 19.3 Å². The molecule has 2 N–H and O–H groups in total. The molecule has 1 unspecified atom stereocenters. The van der Waals surface area contributed by atoms with Gasteiger partial charge in [0, 0.05) is 24.2 Å². The van der Waals surface area contributed by atoms with Crippen LogP contribution in [0, 0.1) is 16.0 Å².